The van der Waals surface area contributed by atoms with E-state index in [1.165, 1.54) is 0 Å². The fourth-order valence-corrected chi connectivity index (χ4v) is 2.41. The van der Waals surface area contributed by atoms with Crippen LogP contribution < -0.4 is 15.4 Å². The molecule has 0 atom stereocenters. The summed E-state index contributed by atoms with van der Waals surface area (Å²) in [6.07, 6.45) is 5.92. The largest absolute Gasteiger partial charge is 0.481 e. The second-order valence-corrected chi connectivity index (χ2v) is 5.52. The monoisotopic (exact) mass is 331 g/mol. The Hall–Kier alpha value is -2.23. The third kappa shape index (κ3) is 6.90. The zero-order valence-electron chi connectivity index (χ0n) is 13.9. The average molecular weight is 331 g/mol. The van der Waals surface area contributed by atoms with Gasteiger partial charge in [-0.05, 0) is 24.1 Å². The maximum absolute atomic E-state index is 11.7. The molecule has 1 fully saturated rings. The lowest BCUT2D eigenvalue weighted by atomic mass is 10.1. The predicted molar refractivity (Wildman–Crippen MR) is 93.1 cm³/mol. The lowest BCUT2D eigenvalue weighted by Crippen LogP contribution is -2.44. The first-order valence-electron chi connectivity index (χ1n) is 8.25. The first-order chi connectivity index (χ1) is 11.8. The second-order valence-electron chi connectivity index (χ2n) is 5.52. The van der Waals surface area contributed by atoms with E-state index in [4.69, 9.17) is 15.9 Å². The van der Waals surface area contributed by atoms with E-state index in [0.29, 0.717) is 13.1 Å². The summed E-state index contributed by atoms with van der Waals surface area (Å²) < 4.78 is 10.6. The Balaban J connectivity index is 1.56. The van der Waals surface area contributed by atoms with Crippen molar-refractivity contribution in [3.05, 3.63) is 29.8 Å². The van der Waals surface area contributed by atoms with Crippen LogP contribution in [0.2, 0.25) is 0 Å². The Kier molecular flexibility index (Phi) is 7.94. The number of nitrogens with zero attached hydrogens (tertiary/aromatic N) is 1. The number of rotatable bonds is 8. The first-order valence-corrected chi connectivity index (χ1v) is 8.25. The lowest BCUT2D eigenvalue weighted by Gasteiger charge is -2.26. The molecule has 2 N–H and O–H groups in total. The summed E-state index contributed by atoms with van der Waals surface area (Å²) in [4.78, 5) is 14.0. The number of carbonyl (C=O) groups is 1. The Bertz CT molecular complexity index is 533. The molecule has 0 saturated carbocycles. The van der Waals surface area contributed by atoms with Gasteiger partial charge < -0.3 is 20.1 Å². The van der Waals surface area contributed by atoms with Gasteiger partial charge in [0.1, 0.15) is 12.4 Å². The maximum Gasteiger partial charge on any atom is 0.314 e. The van der Waals surface area contributed by atoms with Gasteiger partial charge in [0.25, 0.3) is 0 Å². The van der Waals surface area contributed by atoms with Gasteiger partial charge in [0.2, 0.25) is 0 Å². The predicted octanol–water partition coefficient (Wildman–Crippen LogP) is 0.873. The molecule has 0 radical (unpaired) electrons. The van der Waals surface area contributed by atoms with Crippen LogP contribution in [0.1, 0.15) is 5.56 Å². The number of hydrogen-bond donors (Lipinski definition) is 2. The van der Waals surface area contributed by atoms with Crippen LogP contribution in [0, 0.1) is 12.3 Å². The zero-order chi connectivity index (χ0) is 17.0. The van der Waals surface area contributed by atoms with E-state index in [9.17, 15) is 4.79 Å². The molecule has 0 unspecified atom stereocenters. The summed E-state index contributed by atoms with van der Waals surface area (Å²) >= 11 is 0. The van der Waals surface area contributed by atoms with Crippen molar-refractivity contribution in [1.29, 1.82) is 0 Å². The number of ether oxygens (including phenoxy) is 2. The highest BCUT2D eigenvalue weighted by Gasteiger charge is 2.09. The van der Waals surface area contributed by atoms with Crippen LogP contribution in [-0.4, -0.2) is 63.5 Å². The van der Waals surface area contributed by atoms with Gasteiger partial charge in [-0.1, -0.05) is 18.1 Å². The molecule has 1 aliphatic heterocycles. The molecule has 0 aliphatic carbocycles. The fraction of sp³-hybridized carbons (Fsp3) is 0.500. The van der Waals surface area contributed by atoms with Crippen LogP contribution in [0.15, 0.2) is 24.3 Å². The van der Waals surface area contributed by atoms with Gasteiger partial charge in [-0.3, -0.25) is 4.90 Å². The molecule has 0 spiro atoms. The molecule has 1 aromatic rings. The van der Waals surface area contributed by atoms with Gasteiger partial charge in [-0.2, -0.15) is 0 Å². The SMILES string of the molecule is C#CCOc1ccc(CCNC(=O)NCCN2CCOCC2)cc1. The van der Waals surface area contributed by atoms with Crippen molar-refractivity contribution in [2.24, 2.45) is 0 Å². The number of morpholine rings is 1. The van der Waals surface area contributed by atoms with E-state index < -0.39 is 0 Å². The Morgan fingerprint density at radius 3 is 2.62 bits per heavy atom. The number of terminal acetylenes is 1. The number of carbonyl (C=O) groups excluding carboxylic acids is 1. The van der Waals surface area contributed by atoms with Crippen LogP contribution in [0.4, 0.5) is 4.79 Å². The third-order valence-corrected chi connectivity index (χ3v) is 3.76. The molecule has 24 heavy (non-hydrogen) atoms. The summed E-state index contributed by atoms with van der Waals surface area (Å²) in [5.74, 6) is 3.18. The standard InChI is InChI=1S/C18H25N3O3/c1-2-13-24-17-5-3-16(4-6-17)7-8-19-18(22)20-9-10-21-11-14-23-15-12-21/h1,3-6H,7-15H2,(H2,19,20,22). The van der Waals surface area contributed by atoms with Crippen LogP contribution in [-0.2, 0) is 11.2 Å². The second kappa shape index (κ2) is 10.5. The molecule has 1 heterocycles. The maximum atomic E-state index is 11.7. The summed E-state index contributed by atoms with van der Waals surface area (Å²) in [5.41, 5.74) is 1.14. The Labute approximate surface area is 143 Å². The summed E-state index contributed by atoms with van der Waals surface area (Å²) in [6, 6.07) is 7.59. The van der Waals surface area contributed by atoms with Gasteiger partial charge >= 0.3 is 6.03 Å². The molecule has 2 rings (SSSR count). The van der Waals surface area contributed by atoms with Gasteiger partial charge in [0, 0.05) is 32.7 Å². The molecule has 1 aromatic carbocycles. The van der Waals surface area contributed by atoms with Crippen molar-refractivity contribution in [2.45, 2.75) is 6.42 Å². The van der Waals surface area contributed by atoms with Crippen molar-refractivity contribution in [2.75, 3.05) is 52.5 Å². The molecule has 0 bridgehead atoms. The smallest absolute Gasteiger partial charge is 0.314 e. The van der Waals surface area contributed by atoms with Crippen molar-refractivity contribution < 1.29 is 14.3 Å². The fourth-order valence-electron chi connectivity index (χ4n) is 2.41. The Morgan fingerprint density at radius 1 is 1.21 bits per heavy atom. The van der Waals surface area contributed by atoms with E-state index in [1.54, 1.807) is 0 Å². The van der Waals surface area contributed by atoms with E-state index in [2.05, 4.69) is 21.5 Å². The molecule has 130 valence electrons. The molecule has 1 saturated heterocycles. The minimum absolute atomic E-state index is 0.128. The van der Waals surface area contributed by atoms with Crippen LogP contribution >= 0.6 is 0 Å². The molecule has 6 heteroatoms. The summed E-state index contributed by atoms with van der Waals surface area (Å²) in [6.45, 7) is 5.79. The average Bonchev–Trinajstić information content (AvgIpc) is 2.62. The van der Waals surface area contributed by atoms with Gasteiger partial charge in [-0.25, -0.2) is 4.79 Å². The molecule has 6 nitrogen and oxygen atoms in total. The highest BCUT2D eigenvalue weighted by molar-refractivity contribution is 5.73. The third-order valence-electron chi connectivity index (χ3n) is 3.76. The highest BCUT2D eigenvalue weighted by Crippen LogP contribution is 2.12. The van der Waals surface area contributed by atoms with Crippen molar-refractivity contribution in [3.63, 3.8) is 0 Å². The van der Waals surface area contributed by atoms with E-state index in [0.717, 1.165) is 50.6 Å². The van der Waals surface area contributed by atoms with Gasteiger partial charge in [0.05, 0.1) is 13.2 Å². The number of hydrogen-bond acceptors (Lipinski definition) is 4. The zero-order valence-corrected chi connectivity index (χ0v) is 13.9. The van der Waals surface area contributed by atoms with Crippen LogP contribution in [0.25, 0.3) is 0 Å². The van der Waals surface area contributed by atoms with Crippen molar-refractivity contribution in [1.82, 2.24) is 15.5 Å². The number of benzene rings is 1. The van der Waals surface area contributed by atoms with Crippen LogP contribution in [0.3, 0.4) is 0 Å². The van der Waals surface area contributed by atoms with Crippen LogP contribution in [0.5, 0.6) is 5.75 Å². The minimum atomic E-state index is -0.128. The van der Waals surface area contributed by atoms with Gasteiger partial charge in [-0.15, -0.1) is 6.42 Å². The minimum Gasteiger partial charge on any atom is -0.481 e. The van der Waals surface area contributed by atoms with E-state index >= 15 is 0 Å². The topological polar surface area (TPSA) is 62.8 Å². The summed E-state index contributed by atoms with van der Waals surface area (Å²) in [7, 11) is 0. The van der Waals surface area contributed by atoms with Crippen molar-refractivity contribution >= 4 is 6.03 Å². The summed E-state index contributed by atoms with van der Waals surface area (Å²) in [5, 5.41) is 5.74. The Morgan fingerprint density at radius 2 is 1.92 bits per heavy atom. The molecule has 1 aliphatic rings. The normalized spacial score (nSPS) is 14.6. The molecular formula is C18H25N3O3. The van der Waals surface area contributed by atoms with Crippen molar-refractivity contribution in [3.8, 4) is 18.1 Å². The quantitative estimate of drug-likeness (QED) is 0.694. The highest BCUT2D eigenvalue weighted by atomic mass is 16.5. The molecular weight excluding hydrogens is 306 g/mol. The van der Waals surface area contributed by atoms with E-state index in [1.807, 2.05) is 24.3 Å². The molecule has 0 aromatic heterocycles. The van der Waals surface area contributed by atoms with Gasteiger partial charge in [0.15, 0.2) is 0 Å². The number of amides is 2. The molecule has 2 amide bonds. The number of urea groups is 1. The van der Waals surface area contributed by atoms with E-state index in [-0.39, 0.29) is 12.6 Å². The number of nitrogens with one attached hydrogen (secondary N) is 2. The lowest BCUT2D eigenvalue weighted by molar-refractivity contribution is 0.0387. The first kappa shape index (κ1) is 18.1.